The van der Waals surface area contributed by atoms with E-state index in [2.05, 4.69) is 15.4 Å². The average Bonchev–Trinajstić information content (AvgIpc) is 3.17. The molecule has 2 heterocycles. The van der Waals surface area contributed by atoms with Gasteiger partial charge in [0.15, 0.2) is 0 Å². The smallest absolute Gasteiger partial charge is 0.240 e. The highest BCUT2D eigenvalue weighted by Crippen LogP contribution is 2.27. The van der Waals surface area contributed by atoms with Crippen molar-refractivity contribution in [3.05, 3.63) is 47.7 Å². The van der Waals surface area contributed by atoms with Crippen LogP contribution in [0.4, 0.5) is 5.88 Å². The maximum absolute atomic E-state index is 12.2. The van der Waals surface area contributed by atoms with Crippen molar-refractivity contribution >= 4 is 11.8 Å². The molecule has 6 nitrogen and oxygen atoms in total. The molecule has 2 unspecified atom stereocenters. The van der Waals surface area contributed by atoms with Gasteiger partial charge < -0.3 is 9.63 Å². The highest BCUT2D eigenvalue weighted by molar-refractivity contribution is 5.91. The van der Waals surface area contributed by atoms with Gasteiger partial charge in [-0.3, -0.25) is 15.0 Å². The molecule has 128 valence electrons. The van der Waals surface area contributed by atoms with Crippen molar-refractivity contribution in [2.45, 2.75) is 38.3 Å². The van der Waals surface area contributed by atoms with E-state index in [1.54, 1.807) is 13.0 Å². The van der Waals surface area contributed by atoms with Gasteiger partial charge in [0.1, 0.15) is 0 Å². The summed E-state index contributed by atoms with van der Waals surface area (Å²) in [6.45, 7) is 2.97. The van der Waals surface area contributed by atoms with Gasteiger partial charge in [0.2, 0.25) is 11.8 Å². The normalized spacial score (nSPS) is 19.3. The summed E-state index contributed by atoms with van der Waals surface area (Å²) >= 11 is 0. The number of carbonyl (C=O) groups is 1. The minimum absolute atomic E-state index is 0.118. The number of aryl methyl sites for hydroxylation is 1. The first-order chi connectivity index (χ1) is 11.6. The summed E-state index contributed by atoms with van der Waals surface area (Å²) in [5, 5.41) is 16.9. The van der Waals surface area contributed by atoms with Crippen LogP contribution in [-0.2, 0) is 4.79 Å². The standard InChI is InChI=1S/C18H23N3O3/c1-13-10-18(24-20-13)19-17(23)12-21-9-5-8-15(21)11-16(22)14-6-3-2-4-7-14/h2-4,6-7,10,15-16,22H,5,8-9,11-12H2,1H3,(H,19,23). The molecule has 0 spiro atoms. The molecule has 3 rings (SSSR count). The Kier molecular flexibility index (Phi) is 5.27. The van der Waals surface area contributed by atoms with Gasteiger partial charge in [0, 0.05) is 12.1 Å². The van der Waals surface area contributed by atoms with Crippen LogP contribution in [0, 0.1) is 6.92 Å². The van der Waals surface area contributed by atoms with Crippen molar-refractivity contribution in [3.63, 3.8) is 0 Å². The molecule has 0 bridgehead atoms. The number of nitrogens with zero attached hydrogens (tertiary/aromatic N) is 2. The average molecular weight is 329 g/mol. The largest absolute Gasteiger partial charge is 0.388 e. The number of benzene rings is 1. The summed E-state index contributed by atoms with van der Waals surface area (Å²) in [6.07, 6.45) is 2.18. The lowest BCUT2D eigenvalue weighted by atomic mass is 10.0. The molecule has 1 aromatic heterocycles. The van der Waals surface area contributed by atoms with E-state index in [1.165, 1.54) is 0 Å². The van der Waals surface area contributed by atoms with Crippen LogP contribution in [0.5, 0.6) is 0 Å². The minimum atomic E-state index is -0.503. The van der Waals surface area contributed by atoms with E-state index in [-0.39, 0.29) is 11.9 Å². The van der Waals surface area contributed by atoms with Crippen LogP contribution in [0.25, 0.3) is 0 Å². The summed E-state index contributed by atoms with van der Waals surface area (Å²) in [6, 6.07) is 11.6. The molecular formula is C18H23N3O3. The molecule has 1 aromatic carbocycles. The van der Waals surface area contributed by atoms with Gasteiger partial charge in [-0.15, -0.1) is 0 Å². The minimum Gasteiger partial charge on any atom is -0.388 e. The summed E-state index contributed by atoms with van der Waals surface area (Å²) < 4.78 is 5.01. The molecule has 0 aliphatic carbocycles. The Bertz CT molecular complexity index is 671. The second-order valence-corrected chi connectivity index (χ2v) is 6.31. The van der Waals surface area contributed by atoms with Crippen LogP contribution in [0.15, 0.2) is 40.9 Å². The maximum Gasteiger partial charge on any atom is 0.240 e. The molecule has 6 heteroatoms. The van der Waals surface area contributed by atoms with E-state index in [0.29, 0.717) is 18.8 Å². The lowest BCUT2D eigenvalue weighted by Crippen LogP contribution is -2.37. The van der Waals surface area contributed by atoms with Crippen LogP contribution >= 0.6 is 0 Å². The van der Waals surface area contributed by atoms with Crippen molar-refractivity contribution in [1.29, 1.82) is 0 Å². The van der Waals surface area contributed by atoms with E-state index >= 15 is 0 Å². The van der Waals surface area contributed by atoms with Gasteiger partial charge in [-0.25, -0.2) is 0 Å². The number of anilines is 1. The highest BCUT2D eigenvalue weighted by Gasteiger charge is 2.28. The quantitative estimate of drug-likeness (QED) is 0.851. The molecule has 24 heavy (non-hydrogen) atoms. The molecular weight excluding hydrogens is 306 g/mol. The fourth-order valence-corrected chi connectivity index (χ4v) is 3.22. The number of amides is 1. The van der Waals surface area contributed by atoms with Crippen LogP contribution in [-0.4, -0.2) is 40.2 Å². The van der Waals surface area contributed by atoms with Crippen molar-refractivity contribution in [2.75, 3.05) is 18.4 Å². The Hall–Kier alpha value is -2.18. The molecule has 1 fully saturated rings. The summed E-state index contributed by atoms with van der Waals surface area (Å²) in [7, 11) is 0. The zero-order chi connectivity index (χ0) is 16.9. The third-order valence-corrected chi connectivity index (χ3v) is 4.42. The van der Waals surface area contributed by atoms with E-state index in [1.807, 2.05) is 30.3 Å². The molecule has 2 atom stereocenters. The van der Waals surface area contributed by atoms with Gasteiger partial charge >= 0.3 is 0 Å². The zero-order valence-electron chi connectivity index (χ0n) is 13.8. The molecule has 1 saturated heterocycles. The van der Waals surface area contributed by atoms with Crippen LogP contribution in [0.2, 0.25) is 0 Å². The lowest BCUT2D eigenvalue weighted by molar-refractivity contribution is -0.117. The zero-order valence-corrected chi connectivity index (χ0v) is 13.8. The van der Waals surface area contributed by atoms with Crippen LogP contribution in [0.3, 0.4) is 0 Å². The summed E-state index contributed by atoms with van der Waals surface area (Å²) in [5.74, 6) is 0.254. The van der Waals surface area contributed by atoms with Crippen molar-refractivity contribution in [1.82, 2.24) is 10.1 Å². The Balaban J connectivity index is 1.54. The number of hydrogen-bond donors (Lipinski definition) is 2. The molecule has 1 aliphatic heterocycles. The molecule has 0 radical (unpaired) electrons. The van der Waals surface area contributed by atoms with E-state index in [0.717, 1.165) is 30.6 Å². The fraction of sp³-hybridized carbons (Fsp3) is 0.444. The van der Waals surface area contributed by atoms with Gasteiger partial charge in [-0.05, 0) is 38.3 Å². The number of carbonyl (C=O) groups excluding carboxylic acids is 1. The topological polar surface area (TPSA) is 78.6 Å². The number of aliphatic hydroxyl groups excluding tert-OH is 1. The second-order valence-electron chi connectivity index (χ2n) is 6.31. The lowest BCUT2D eigenvalue weighted by Gasteiger charge is -2.25. The third-order valence-electron chi connectivity index (χ3n) is 4.42. The number of nitrogens with one attached hydrogen (secondary N) is 1. The van der Waals surface area contributed by atoms with Crippen LogP contribution < -0.4 is 5.32 Å². The van der Waals surface area contributed by atoms with Crippen molar-refractivity contribution in [2.24, 2.45) is 0 Å². The predicted octanol–water partition coefficient (Wildman–Crippen LogP) is 2.51. The first-order valence-corrected chi connectivity index (χ1v) is 8.32. The highest BCUT2D eigenvalue weighted by atomic mass is 16.5. The first-order valence-electron chi connectivity index (χ1n) is 8.32. The molecule has 1 amide bonds. The Labute approximate surface area is 141 Å². The third kappa shape index (κ3) is 4.21. The monoisotopic (exact) mass is 329 g/mol. The van der Waals surface area contributed by atoms with E-state index < -0.39 is 6.10 Å². The second kappa shape index (κ2) is 7.59. The van der Waals surface area contributed by atoms with Crippen molar-refractivity contribution < 1.29 is 14.4 Å². The summed E-state index contributed by atoms with van der Waals surface area (Å²) in [5.41, 5.74) is 1.65. The van der Waals surface area contributed by atoms with Gasteiger partial charge in [-0.1, -0.05) is 35.5 Å². The number of likely N-dealkylation sites (tertiary alicyclic amines) is 1. The molecule has 0 saturated carbocycles. The number of aliphatic hydroxyl groups is 1. The number of hydrogen-bond acceptors (Lipinski definition) is 5. The molecule has 1 aliphatic rings. The predicted molar refractivity (Wildman–Crippen MR) is 90.5 cm³/mol. The Morgan fingerprint density at radius 1 is 1.46 bits per heavy atom. The molecule has 2 N–H and O–H groups in total. The van der Waals surface area contributed by atoms with Gasteiger partial charge in [0.25, 0.3) is 0 Å². The van der Waals surface area contributed by atoms with Crippen molar-refractivity contribution in [3.8, 4) is 0 Å². The van der Waals surface area contributed by atoms with Gasteiger partial charge in [0.05, 0.1) is 18.3 Å². The van der Waals surface area contributed by atoms with Crippen LogP contribution in [0.1, 0.15) is 36.6 Å². The maximum atomic E-state index is 12.2. The number of aromatic nitrogens is 1. The summed E-state index contributed by atoms with van der Waals surface area (Å²) in [4.78, 5) is 14.3. The first kappa shape index (κ1) is 16.7. The Morgan fingerprint density at radius 2 is 2.25 bits per heavy atom. The van der Waals surface area contributed by atoms with E-state index in [9.17, 15) is 9.90 Å². The Morgan fingerprint density at radius 3 is 2.96 bits per heavy atom. The van der Waals surface area contributed by atoms with Gasteiger partial charge in [-0.2, -0.15) is 0 Å². The fourth-order valence-electron chi connectivity index (χ4n) is 3.22. The van der Waals surface area contributed by atoms with E-state index in [4.69, 9.17) is 4.52 Å². The SMILES string of the molecule is Cc1cc(NC(=O)CN2CCCC2CC(O)c2ccccc2)on1. The molecule has 2 aromatic rings. The number of rotatable bonds is 6.